The van der Waals surface area contributed by atoms with Crippen molar-refractivity contribution in [2.24, 2.45) is 5.92 Å². The summed E-state index contributed by atoms with van der Waals surface area (Å²) in [5.41, 5.74) is 3.94. The topological polar surface area (TPSA) is 38.3 Å². The van der Waals surface area contributed by atoms with Gasteiger partial charge in [0.1, 0.15) is 11.5 Å². The van der Waals surface area contributed by atoms with Crippen LogP contribution in [0.5, 0.6) is 5.75 Å². The van der Waals surface area contributed by atoms with E-state index in [1.54, 1.807) is 7.11 Å². The molecule has 1 N–H and O–H groups in total. The van der Waals surface area contributed by atoms with Crippen molar-refractivity contribution < 1.29 is 9.53 Å². The minimum absolute atomic E-state index is 0.170. The van der Waals surface area contributed by atoms with Gasteiger partial charge in [-0.25, -0.2) is 0 Å². The zero-order valence-electron chi connectivity index (χ0n) is 18.0. The van der Waals surface area contributed by atoms with Crippen molar-refractivity contribution in [2.45, 2.75) is 69.2 Å². The Morgan fingerprint density at radius 1 is 1.04 bits per heavy atom. The second-order valence-electron chi connectivity index (χ2n) is 5.29. The Morgan fingerprint density at radius 2 is 1.46 bits per heavy atom. The van der Waals surface area contributed by atoms with E-state index in [4.69, 9.17) is 4.74 Å². The van der Waals surface area contributed by atoms with Gasteiger partial charge in [-0.1, -0.05) is 48.5 Å². The van der Waals surface area contributed by atoms with Gasteiger partial charge in [-0.05, 0) is 56.1 Å². The number of carbonyl (C=O) groups excluding carboxylic acids is 1. The molecule has 1 aromatic rings. The van der Waals surface area contributed by atoms with Crippen molar-refractivity contribution in [3.63, 3.8) is 0 Å². The molecule has 0 fully saturated rings. The maximum Gasteiger partial charge on any atom is 0.149 e. The van der Waals surface area contributed by atoms with E-state index in [0.29, 0.717) is 6.54 Å². The van der Waals surface area contributed by atoms with Gasteiger partial charge in [0.05, 0.1) is 13.7 Å². The molecule has 0 saturated heterocycles. The lowest BCUT2D eigenvalue weighted by molar-refractivity contribution is -0.121. The number of aryl methyl sites for hydroxylation is 2. The summed E-state index contributed by atoms with van der Waals surface area (Å²) in [5.74, 6) is 1.41. The van der Waals surface area contributed by atoms with Gasteiger partial charge in [0.15, 0.2) is 0 Å². The quantitative estimate of drug-likeness (QED) is 0.770. The van der Waals surface area contributed by atoms with E-state index < -0.39 is 0 Å². The lowest BCUT2D eigenvalue weighted by Crippen LogP contribution is -2.25. The molecule has 1 rings (SSSR count). The molecule has 24 heavy (non-hydrogen) atoms. The largest absolute Gasteiger partial charge is 0.497 e. The minimum Gasteiger partial charge on any atom is -0.497 e. The summed E-state index contributed by atoms with van der Waals surface area (Å²) in [6.07, 6.45) is 0. The third-order valence-electron chi connectivity index (χ3n) is 3.33. The van der Waals surface area contributed by atoms with Gasteiger partial charge in [0.2, 0.25) is 0 Å². The number of Topliss-reactive ketones (excluding diaryl/α,β-unsaturated/α-hetero) is 1. The fraction of sp³-hybridized carbons (Fsp3) is 0.667. The van der Waals surface area contributed by atoms with Crippen molar-refractivity contribution in [1.82, 2.24) is 5.32 Å². The molecule has 0 amide bonds. The second-order valence-corrected chi connectivity index (χ2v) is 5.29. The molecule has 0 radical (unpaired) electrons. The number of benzene rings is 1. The van der Waals surface area contributed by atoms with E-state index in [9.17, 15) is 4.79 Å². The van der Waals surface area contributed by atoms with Crippen molar-refractivity contribution in [2.75, 3.05) is 20.2 Å². The van der Waals surface area contributed by atoms with Crippen molar-refractivity contribution in [1.29, 1.82) is 0 Å². The van der Waals surface area contributed by atoms with Gasteiger partial charge in [-0.15, -0.1) is 0 Å². The van der Waals surface area contributed by atoms with Crippen LogP contribution in [0.25, 0.3) is 0 Å². The van der Waals surface area contributed by atoms with Crippen LogP contribution in [0.1, 0.15) is 65.2 Å². The standard InChI is InChI=1S/C10H14O.C7H15NO.2C2H6/c1-7-5-10(11-4)6-8(2)9(7)3;1-4-8-5-7(9)6(2)3;2*1-2/h5-6H,1-4H3;6,8H,4-5H2,1-3H3;2*1-2H3. The van der Waals surface area contributed by atoms with Crippen LogP contribution in [0.4, 0.5) is 0 Å². The molecule has 0 aromatic heterocycles. The lowest BCUT2D eigenvalue weighted by atomic mass is 10.0. The third kappa shape index (κ3) is 13.1. The van der Waals surface area contributed by atoms with Crippen LogP contribution in [0.3, 0.4) is 0 Å². The van der Waals surface area contributed by atoms with Gasteiger partial charge < -0.3 is 10.1 Å². The van der Waals surface area contributed by atoms with Gasteiger partial charge in [-0.3, -0.25) is 4.79 Å². The Labute approximate surface area is 151 Å². The first-order valence-electron chi connectivity index (χ1n) is 9.18. The van der Waals surface area contributed by atoms with Crippen LogP contribution in [-0.4, -0.2) is 26.0 Å². The van der Waals surface area contributed by atoms with Gasteiger partial charge in [0.25, 0.3) is 0 Å². The molecule has 0 heterocycles. The highest BCUT2D eigenvalue weighted by molar-refractivity contribution is 5.82. The molecule has 3 heteroatoms. The summed E-state index contributed by atoms with van der Waals surface area (Å²) in [7, 11) is 1.70. The number of ketones is 1. The molecule has 0 aliphatic carbocycles. The molecule has 0 atom stereocenters. The molecule has 3 nitrogen and oxygen atoms in total. The van der Waals surface area contributed by atoms with Gasteiger partial charge in [-0.2, -0.15) is 0 Å². The number of nitrogens with one attached hydrogen (secondary N) is 1. The normalized spacial score (nSPS) is 8.83. The zero-order valence-corrected chi connectivity index (χ0v) is 18.0. The number of ether oxygens (including phenoxy) is 1. The predicted octanol–water partition coefficient (Wildman–Crippen LogP) is 5.49. The molecular formula is C21H41NO2. The number of methoxy groups -OCH3 is 1. The minimum atomic E-state index is 0.170. The van der Waals surface area contributed by atoms with E-state index in [1.807, 2.05) is 48.5 Å². The fourth-order valence-corrected chi connectivity index (χ4v) is 1.57. The maximum absolute atomic E-state index is 10.8. The monoisotopic (exact) mass is 339 g/mol. The molecule has 0 spiro atoms. The first-order chi connectivity index (χ1) is 11.3. The molecule has 0 saturated carbocycles. The summed E-state index contributed by atoms with van der Waals surface area (Å²) in [6.45, 7) is 21.6. The Balaban J connectivity index is -0.000000309. The van der Waals surface area contributed by atoms with Crippen molar-refractivity contribution >= 4 is 5.78 Å². The molecule has 0 aliphatic heterocycles. The van der Waals surface area contributed by atoms with Gasteiger partial charge >= 0.3 is 0 Å². The van der Waals surface area contributed by atoms with E-state index >= 15 is 0 Å². The Morgan fingerprint density at radius 3 is 1.75 bits per heavy atom. The van der Waals surface area contributed by atoms with Crippen molar-refractivity contribution in [3.8, 4) is 5.75 Å². The van der Waals surface area contributed by atoms with Gasteiger partial charge in [0, 0.05) is 5.92 Å². The summed E-state index contributed by atoms with van der Waals surface area (Å²) >= 11 is 0. The average molecular weight is 340 g/mol. The molecule has 1 aromatic carbocycles. The summed E-state index contributed by atoms with van der Waals surface area (Å²) < 4.78 is 5.13. The van der Waals surface area contributed by atoms with Crippen LogP contribution in [0.2, 0.25) is 0 Å². The number of rotatable bonds is 5. The van der Waals surface area contributed by atoms with E-state index in [2.05, 4.69) is 38.2 Å². The highest BCUT2D eigenvalue weighted by Gasteiger charge is 2.04. The van der Waals surface area contributed by atoms with Crippen LogP contribution in [0.15, 0.2) is 12.1 Å². The van der Waals surface area contributed by atoms with Crippen LogP contribution < -0.4 is 10.1 Å². The summed E-state index contributed by atoms with van der Waals surface area (Å²) in [5, 5.41) is 2.98. The highest BCUT2D eigenvalue weighted by atomic mass is 16.5. The van der Waals surface area contributed by atoms with Crippen LogP contribution in [-0.2, 0) is 4.79 Å². The molecule has 0 bridgehead atoms. The molecule has 0 unspecified atom stereocenters. The number of hydrogen-bond acceptors (Lipinski definition) is 3. The maximum atomic E-state index is 10.8. The average Bonchev–Trinajstić information content (AvgIpc) is 2.60. The summed E-state index contributed by atoms with van der Waals surface area (Å²) in [6, 6.07) is 4.12. The Kier molecular flexibility index (Phi) is 20.6. The van der Waals surface area contributed by atoms with Crippen LogP contribution in [0, 0.1) is 26.7 Å². The smallest absolute Gasteiger partial charge is 0.149 e. The van der Waals surface area contributed by atoms with Crippen LogP contribution >= 0.6 is 0 Å². The number of carbonyl (C=O) groups is 1. The zero-order chi connectivity index (χ0) is 19.7. The summed E-state index contributed by atoms with van der Waals surface area (Å²) in [4.78, 5) is 10.8. The third-order valence-corrected chi connectivity index (χ3v) is 3.33. The van der Waals surface area contributed by atoms with E-state index in [-0.39, 0.29) is 11.7 Å². The fourth-order valence-electron chi connectivity index (χ4n) is 1.57. The first-order valence-corrected chi connectivity index (χ1v) is 9.18. The second kappa shape index (κ2) is 18.0. The Hall–Kier alpha value is -1.35. The van der Waals surface area contributed by atoms with E-state index in [0.717, 1.165) is 12.3 Å². The molecule has 0 aliphatic rings. The van der Waals surface area contributed by atoms with E-state index in [1.165, 1.54) is 16.7 Å². The predicted molar refractivity (Wildman–Crippen MR) is 108 cm³/mol. The SMILES string of the molecule is CC.CC.CCNCC(=O)C(C)C.COc1cc(C)c(C)c(C)c1. The highest BCUT2D eigenvalue weighted by Crippen LogP contribution is 2.20. The van der Waals surface area contributed by atoms with Crippen molar-refractivity contribution in [3.05, 3.63) is 28.8 Å². The molecule has 142 valence electrons. The number of hydrogen-bond donors (Lipinski definition) is 1. The lowest BCUT2D eigenvalue weighted by Gasteiger charge is -2.07. The number of likely N-dealkylation sites (N-methyl/N-ethyl adjacent to an activating group) is 1. The first kappa shape index (κ1) is 27.5. The molecular weight excluding hydrogens is 298 g/mol. The Bertz CT molecular complexity index is 403.